The standard InChI is InChI=1S/C40H76O6/c1-6-7-8-9-10-11-14-20-25-30-38(41)44-33-37(34-45-39(42)31-26-21-17-16-19-24-29-36(4)5)46-40(43)32-27-22-15-12-13-18-23-28-35(2)3/h35-37H,6-34H2,1-5H3/t37-/m1/s1. The smallest absolute Gasteiger partial charge is 0.306 e. The second-order valence-electron chi connectivity index (χ2n) is 14.5. The summed E-state index contributed by atoms with van der Waals surface area (Å²) in [7, 11) is 0. The van der Waals surface area contributed by atoms with Gasteiger partial charge in [-0.25, -0.2) is 0 Å². The first-order valence-corrected chi connectivity index (χ1v) is 19.7. The summed E-state index contributed by atoms with van der Waals surface area (Å²) in [4.78, 5) is 37.4. The van der Waals surface area contributed by atoms with Gasteiger partial charge in [0.25, 0.3) is 0 Å². The molecule has 272 valence electrons. The highest BCUT2D eigenvalue weighted by molar-refractivity contribution is 5.71. The molecule has 0 aromatic rings. The second-order valence-corrected chi connectivity index (χ2v) is 14.5. The predicted molar refractivity (Wildman–Crippen MR) is 192 cm³/mol. The zero-order chi connectivity index (χ0) is 34.1. The van der Waals surface area contributed by atoms with E-state index in [0.29, 0.717) is 19.3 Å². The first-order valence-electron chi connectivity index (χ1n) is 19.7. The third-order valence-corrected chi connectivity index (χ3v) is 8.72. The highest BCUT2D eigenvalue weighted by Gasteiger charge is 2.19. The molecular formula is C40H76O6. The van der Waals surface area contributed by atoms with Crippen LogP contribution in [0.5, 0.6) is 0 Å². The average Bonchev–Trinajstić information content (AvgIpc) is 3.01. The fourth-order valence-corrected chi connectivity index (χ4v) is 5.69. The number of carbonyl (C=O) groups excluding carboxylic acids is 3. The molecule has 0 aromatic carbocycles. The van der Waals surface area contributed by atoms with Crippen molar-refractivity contribution in [2.45, 2.75) is 214 Å². The van der Waals surface area contributed by atoms with E-state index in [1.165, 1.54) is 96.3 Å². The van der Waals surface area contributed by atoms with Crippen LogP contribution in [-0.4, -0.2) is 37.2 Å². The lowest BCUT2D eigenvalue weighted by Crippen LogP contribution is -2.30. The Bertz CT molecular complexity index is 704. The van der Waals surface area contributed by atoms with Crippen LogP contribution in [-0.2, 0) is 28.6 Å². The maximum absolute atomic E-state index is 12.6. The van der Waals surface area contributed by atoms with Gasteiger partial charge in [-0.1, -0.05) is 169 Å². The lowest BCUT2D eigenvalue weighted by Gasteiger charge is -2.18. The lowest BCUT2D eigenvalue weighted by molar-refractivity contribution is -0.167. The van der Waals surface area contributed by atoms with Crippen LogP contribution in [0.4, 0.5) is 0 Å². The highest BCUT2D eigenvalue weighted by atomic mass is 16.6. The predicted octanol–water partition coefficient (Wildman–Crippen LogP) is 11.8. The first-order chi connectivity index (χ1) is 22.2. The van der Waals surface area contributed by atoms with Gasteiger partial charge in [-0.2, -0.15) is 0 Å². The molecule has 0 amide bonds. The topological polar surface area (TPSA) is 78.9 Å². The van der Waals surface area contributed by atoms with Crippen LogP contribution >= 0.6 is 0 Å². The van der Waals surface area contributed by atoms with Gasteiger partial charge in [0.1, 0.15) is 13.2 Å². The number of hydrogen-bond donors (Lipinski definition) is 0. The molecule has 0 aromatic heterocycles. The molecule has 0 saturated carbocycles. The van der Waals surface area contributed by atoms with Gasteiger partial charge in [-0.15, -0.1) is 0 Å². The van der Waals surface area contributed by atoms with Crippen LogP contribution in [0.15, 0.2) is 0 Å². The summed E-state index contributed by atoms with van der Waals surface area (Å²) in [6, 6.07) is 0. The minimum Gasteiger partial charge on any atom is -0.462 e. The summed E-state index contributed by atoms with van der Waals surface area (Å²) in [6.07, 6.45) is 28.2. The van der Waals surface area contributed by atoms with E-state index in [9.17, 15) is 14.4 Å². The Morgan fingerprint density at radius 2 is 0.717 bits per heavy atom. The maximum Gasteiger partial charge on any atom is 0.306 e. The van der Waals surface area contributed by atoms with Gasteiger partial charge < -0.3 is 14.2 Å². The number of rotatable bonds is 34. The van der Waals surface area contributed by atoms with Gasteiger partial charge >= 0.3 is 17.9 Å². The van der Waals surface area contributed by atoms with E-state index in [4.69, 9.17) is 14.2 Å². The summed E-state index contributed by atoms with van der Waals surface area (Å²) in [5.41, 5.74) is 0. The van der Waals surface area contributed by atoms with E-state index in [0.717, 1.165) is 69.6 Å². The Labute approximate surface area is 285 Å². The third kappa shape index (κ3) is 33.8. The lowest BCUT2D eigenvalue weighted by atomic mass is 10.0. The van der Waals surface area contributed by atoms with Crippen LogP contribution < -0.4 is 0 Å². The third-order valence-electron chi connectivity index (χ3n) is 8.72. The van der Waals surface area contributed by atoms with Crippen molar-refractivity contribution in [3.8, 4) is 0 Å². The molecule has 0 bridgehead atoms. The molecule has 0 aliphatic rings. The molecule has 0 aliphatic carbocycles. The van der Waals surface area contributed by atoms with Gasteiger partial charge in [0.05, 0.1) is 0 Å². The molecule has 0 N–H and O–H groups in total. The van der Waals surface area contributed by atoms with E-state index in [1.807, 2.05) is 0 Å². The Morgan fingerprint density at radius 3 is 1.07 bits per heavy atom. The van der Waals surface area contributed by atoms with Crippen molar-refractivity contribution < 1.29 is 28.6 Å². The largest absolute Gasteiger partial charge is 0.462 e. The van der Waals surface area contributed by atoms with Gasteiger partial charge in [-0.05, 0) is 31.1 Å². The molecule has 0 saturated heterocycles. The van der Waals surface area contributed by atoms with Crippen LogP contribution in [0.3, 0.4) is 0 Å². The summed E-state index contributed by atoms with van der Waals surface area (Å²) in [5.74, 6) is 0.666. The Hall–Kier alpha value is -1.59. The number of hydrogen-bond acceptors (Lipinski definition) is 6. The molecule has 0 fully saturated rings. The molecule has 6 heteroatoms. The van der Waals surface area contributed by atoms with E-state index in [-0.39, 0.29) is 31.1 Å². The highest BCUT2D eigenvalue weighted by Crippen LogP contribution is 2.15. The van der Waals surface area contributed by atoms with Crippen molar-refractivity contribution in [2.24, 2.45) is 11.8 Å². The number of esters is 3. The van der Waals surface area contributed by atoms with Crippen LogP contribution in [0.1, 0.15) is 208 Å². The van der Waals surface area contributed by atoms with Crippen LogP contribution in [0.2, 0.25) is 0 Å². The SMILES string of the molecule is CCCCCCCCCCCC(=O)OC[C@H](COC(=O)CCCCCCCCC(C)C)OC(=O)CCCCCCCCCC(C)C. The van der Waals surface area contributed by atoms with Crippen molar-refractivity contribution in [1.82, 2.24) is 0 Å². The van der Waals surface area contributed by atoms with E-state index in [1.54, 1.807) is 0 Å². The van der Waals surface area contributed by atoms with Gasteiger partial charge in [0, 0.05) is 19.3 Å². The van der Waals surface area contributed by atoms with Crippen molar-refractivity contribution in [3.63, 3.8) is 0 Å². The zero-order valence-corrected chi connectivity index (χ0v) is 31.2. The van der Waals surface area contributed by atoms with Crippen molar-refractivity contribution in [3.05, 3.63) is 0 Å². The Balaban J connectivity index is 4.37. The zero-order valence-electron chi connectivity index (χ0n) is 31.2. The first kappa shape index (κ1) is 44.4. The molecule has 0 aliphatic heterocycles. The molecule has 46 heavy (non-hydrogen) atoms. The number of carbonyl (C=O) groups is 3. The van der Waals surface area contributed by atoms with Crippen molar-refractivity contribution in [2.75, 3.05) is 13.2 Å². The molecule has 0 rings (SSSR count). The normalized spacial score (nSPS) is 12.1. The molecule has 0 spiro atoms. The minimum absolute atomic E-state index is 0.0674. The molecular weight excluding hydrogens is 576 g/mol. The summed E-state index contributed by atoms with van der Waals surface area (Å²) < 4.78 is 16.6. The van der Waals surface area contributed by atoms with Gasteiger partial charge in [0.15, 0.2) is 6.10 Å². The quantitative estimate of drug-likeness (QED) is 0.0391. The minimum atomic E-state index is -0.759. The maximum atomic E-state index is 12.6. The fourth-order valence-electron chi connectivity index (χ4n) is 5.69. The fraction of sp³-hybridized carbons (Fsp3) is 0.925. The monoisotopic (exact) mass is 653 g/mol. The van der Waals surface area contributed by atoms with E-state index < -0.39 is 6.10 Å². The second kappa shape index (κ2) is 33.3. The molecule has 0 unspecified atom stereocenters. The number of unbranched alkanes of at least 4 members (excludes halogenated alkanes) is 19. The van der Waals surface area contributed by atoms with Crippen LogP contribution in [0, 0.1) is 11.8 Å². The summed E-state index contributed by atoms with van der Waals surface area (Å²) >= 11 is 0. The summed E-state index contributed by atoms with van der Waals surface area (Å²) in [5, 5.41) is 0. The Morgan fingerprint density at radius 1 is 0.413 bits per heavy atom. The van der Waals surface area contributed by atoms with E-state index in [2.05, 4.69) is 34.6 Å². The Kier molecular flexibility index (Phi) is 32.2. The van der Waals surface area contributed by atoms with Crippen molar-refractivity contribution >= 4 is 17.9 Å². The van der Waals surface area contributed by atoms with Crippen LogP contribution in [0.25, 0.3) is 0 Å². The average molecular weight is 653 g/mol. The van der Waals surface area contributed by atoms with E-state index >= 15 is 0 Å². The molecule has 1 atom stereocenters. The van der Waals surface area contributed by atoms with Gasteiger partial charge in [0.2, 0.25) is 0 Å². The van der Waals surface area contributed by atoms with Crippen molar-refractivity contribution in [1.29, 1.82) is 0 Å². The van der Waals surface area contributed by atoms with Gasteiger partial charge in [-0.3, -0.25) is 14.4 Å². The summed E-state index contributed by atoms with van der Waals surface area (Å²) in [6.45, 7) is 11.2. The molecule has 6 nitrogen and oxygen atoms in total. The molecule has 0 heterocycles. The molecule has 0 radical (unpaired) electrons. The number of ether oxygens (including phenoxy) is 3.